The smallest absolute Gasteiger partial charge is 0.147 e. The topological polar surface area (TPSA) is 215 Å². The van der Waals surface area contributed by atoms with Crippen LogP contribution in [-0.2, 0) is 4.74 Å². The van der Waals surface area contributed by atoms with Gasteiger partial charge in [-0.3, -0.25) is 24.9 Å². The molecule has 0 fully saturated rings. The lowest BCUT2D eigenvalue weighted by atomic mass is 10.2. The zero-order valence-corrected chi connectivity index (χ0v) is 68.1. The Bertz CT molecular complexity index is 2230. The van der Waals surface area contributed by atoms with E-state index in [1.807, 2.05) is 311 Å². The van der Waals surface area contributed by atoms with Gasteiger partial charge in [-0.1, -0.05) is 207 Å². The molecule has 0 N–H and O–H groups in total. The van der Waals surface area contributed by atoms with Crippen molar-refractivity contribution in [3.05, 3.63) is 290 Å². The van der Waals surface area contributed by atoms with Crippen molar-refractivity contribution in [2.45, 2.75) is 228 Å². The summed E-state index contributed by atoms with van der Waals surface area (Å²) in [5, 5.41) is 21.8. The zero-order valence-electron chi connectivity index (χ0n) is 68.1. The molecule has 1 aliphatic rings. The van der Waals surface area contributed by atoms with Crippen molar-refractivity contribution in [1.29, 1.82) is 0 Å². The zero-order chi connectivity index (χ0) is 78.2. The van der Waals surface area contributed by atoms with Crippen molar-refractivity contribution in [3.8, 4) is 0 Å². The van der Waals surface area contributed by atoms with Crippen LogP contribution in [0.3, 0.4) is 0 Å². The van der Waals surface area contributed by atoms with Gasteiger partial charge in [-0.25, -0.2) is 24.9 Å². The molecule has 17 heteroatoms. The van der Waals surface area contributed by atoms with E-state index in [0.717, 1.165) is 33.9 Å². The molecule has 10 aromatic rings. The number of hydrogen-bond donors (Lipinski definition) is 0. The van der Waals surface area contributed by atoms with Gasteiger partial charge in [0.2, 0.25) is 0 Å². The maximum atomic E-state index is 4.78. The van der Waals surface area contributed by atoms with E-state index < -0.39 is 0 Å². The molecule has 0 saturated carbocycles. The predicted octanol–water partition coefficient (Wildman–Crippen LogP) is 23.2. The molecule has 0 amide bonds. The second-order valence-electron chi connectivity index (χ2n) is 15.9. The van der Waals surface area contributed by atoms with E-state index in [0.29, 0.717) is 11.7 Å². The molecule has 0 saturated heterocycles. The summed E-state index contributed by atoms with van der Waals surface area (Å²) in [4.78, 5) is 38.4. The molecule has 0 atom stereocenters. The highest BCUT2D eigenvalue weighted by atomic mass is 16.5. The van der Waals surface area contributed by atoms with Gasteiger partial charge in [0.25, 0.3) is 0 Å². The lowest BCUT2D eigenvalue weighted by Crippen LogP contribution is -1.86. The minimum Gasteiger partial charge on any atom is -0.473 e. The number of aromatic nitrogens is 16. The number of nitrogens with zero attached hydrogens (tertiary/aromatic N) is 16. The fourth-order valence-corrected chi connectivity index (χ4v) is 4.46. The average molecular weight is 1360 g/mol. The maximum Gasteiger partial charge on any atom is 0.147 e. The number of rotatable bonds is 0. The van der Waals surface area contributed by atoms with E-state index in [4.69, 9.17) is 4.74 Å². The third-order valence-corrected chi connectivity index (χ3v) is 8.48. The van der Waals surface area contributed by atoms with Crippen LogP contribution in [0.15, 0.2) is 234 Å². The molecule has 0 unspecified atom stereocenters. The molecule has 11 rings (SSSR count). The van der Waals surface area contributed by atoms with Crippen molar-refractivity contribution in [3.63, 3.8) is 0 Å². The minimum absolute atomic E-state index is 0.550. The number of aryl methyl sites for hydroxylation is 10. The van der Waals surface area contributed by atoms with Crippen molar-refractivity contribution >= 4 is 0 Å². The van der Waals surface area contributed by atoms with Crippen LogP contribution < -0.4 is 0 Å². The fourth-order valence-electron chi connectivity index (χ4n) is 4.46. The van der Waals surface area contributed by atoms with Gasteiger partial charge >= 0.3 is 0 Å². The van der Waals surface area contributed by atoms with E-state index in [1.54, 1.807) is 112 Å². The van der Waals surface area contributed by atoms with Gasteiger partial charge in [0, 0.05) is 98.1 Å². The van der Waals surface area contributed by atoms with E-state index in [-0.39, 0.29) is 0 Å². The second-order valence-corrected chi connectivity index (χ2v) is 15.9. The molecule has 1 aromatic carbocycles. The first kappa shape index (κ1) is 114. The SMILES string of the molecule is CC.CC.CC.CC.CC.CC.CC.CC.CC.CC.CC.CC1C=COC=C1.Cc1ccccc1.Cc1ccccn1.Cc1cccnc1.Cc1cccnn1.Cc1ccncc1.Cc1ccncn1.Cc1ccnnc1.Cc1cnccn1.Cc1cncnc1.Cc1nccnn1. The Morgan fingerprint density at radius 3 is 0.919 bits per heavy atom. The first-order valence-electron chi connectivity index (χ1n) is 35.2. The molecule has 1 aliphatic heterocycles. The Labute approximate surface area is 606 Å². The van der Waals surface area contributed by atoms with Crippen LogP contribution in [0.5, 0.6) is 0 Å². The quantitative estimate of drug-likeness (QED) is 0.138. The Kier molecular flexibility index (Phi) is 126. The molecule has 0 radical (unpaired) electrons. The monoisotopic (exact) mass is 1360 g/mol. The summed E-state index contributed by atoms with van der Waals surface area (Å²) in [7, 11) is 0. The molecule has 9 aromatic heterocycles. The number of allylic oxidation sites excluding steroid dienone is 2. The normalized spacial score (nSPS) is 8.21. The van der Waals surface area contributed by atoms with Gasteiger partial charge in [0.05, 0.1) is 36.3 Å². The molecule has 0 aliphatic carbocycles. The number of hydrogen-bond acceptors (Lipinski definition) is 17. The molecule has 0 spiro atoms. The number of pyridine rings is 3. The van der Waals surface area contributed by atoms with Crippen molar-refractivity contribution in [2.75, 3.05) is 0 Å². The van der Waals surface area contributed by atoms with Crippen molar-refractivity contribution in [2.24, 2.45) is 5.92 Å². The van der Waals surface area contributed by atoms with Gasteiger partial charge < -0.3 is 4.74 Å². The summed E-state index contributed by atoms with van der Waals surface area (Å²) in [6.07, 6.45) is 38.0. The van der Waals surface area contributed by atoms with Crippen LogP contribution in [-0.4, -0.2) is 80.4 Å². The summed E-state index contributed by atoms with van der Waals surface area (Å²) in [6, 6.07) is 31.6. The maximum absolute atomic E-state index is 4.78. The Morgan fingerprint density at radius 2 is 0.697 bits per heavy atom. The summed E-state index contributed by atoms with van der Waals surface area (Å²) in [6.45, 7) is 65.7. The van der Waals surface area contributed by atoms with E-state index in [9.17, 15) is 0 Å². The van der Waals surface area contributed by atoms with E-state index in [1.165, 1.54) is 29.3 Å². The number of benzene rings is 1. The van der Waals surface area contributed by atoms with Gasteiger partial charge in [0.1, 0.15) is 18.5 Å². The second kappa shape index (κ2) is 110. The van der Waals surface area contributed by atoms with Crippen LogP contribution in [0.25, 0.3) is 0 Å². The molecule has 10 heterocycles. The molecule has 0 bridgehead atoms. The van der Waals surface area contributed by atoms with E-state index in [2.05, 4.69) is 106 Å². The summed E-state index contributed by atoms with van der Waals surface area (Å²) < 4.78 is 4.78. The van der Waals surface area contributed by atoms with Crippen molar-refractivity contribution < 1.29 is 4.74 Å². The third-order valence-electron chi connectivity index (χ3n) is 8.48. The molecular weight excluding hydrogens is 1230 g/mol. The van der Waals surface area contributed by atoms with Gasteiger partial charge in [-0.2, -0.15) is 25.5 Å². The highest BCUT2D eigenvalue weighted by Crippen LogP contribution is 2.04. The first-order valence-corrected chi connectivity index (χ1v) is 35.2. The Morgan fingerprint density at radius 1 is 0.253 bits per heavy atom. The Balaban J connectivity index is -0.0000000929. The van der Waals surface area contributed by atoms with E-state index >= 15 is 0 Å². The first-order chi connectivity index (χ1) is 48.3. The average Bonchev–Trinajstić information content (AvgIpc) is 3.72. The van der Waals surface area contributed by atoms with Crippen molar-refractivity contribution in [1.82, 2.24) is 80.4 Å². The van der Waals surface area contributed by atoms with Crippen LogP contribution in [0, 0.1) is 75.2 Å². The summed E-state index contributed by atoms with van der Waals surface area (Å²) in [5.41, 5.74) is 10.0. The van der Waals surface area contributed by atoms with Gasteiger partial charge in [0.15, 0.2) is 0 Å². The van der Waals surface area contributed by atoms with Crippen LogP contribution in [0.2, 0.25) is 0 Å². The molecule has 17 nitrogen and oxygen atoms in total. The molecule has 552 valence electrons. The Hall–Kier alpha value is -9.64. The van der Waals surface area contributed by atoms with Gasteiger partial charge in [-0.15, -0.1) is 5.10 Å². The molecular formula is C82H138N16O. The summed E-state index contributed by atoms with van der Waals surface area (Å²) in [5.74, 6) is 1.26. The third kappa shape index (κ3) is 107. The predicted molar refractivity (Wildman–Crippen MR) is 430 cm³/mol. The number of ether oxygens (including phenoxy) is 1. The van der Waals surface area contributed by atoms with Gasteiger partial charge in [-0.05, 0) is 164 Å². The largest absolute Gasteiger partial charge is 0.473 e. The summed E-state index contributed by atoms with van der Waals surface area (Å²) >= 11 is 0. The van der Waals surface area contributed by atoms with Crippen LogP contribution in [0.1, 0.15) is 216 Å². The van der Waals surface area contributed by atoms with Crippen LogP contribution in [0.4, 0.5) is 0 Å². The highest BCUT2D eigenvalue weighted by molar-refractivity contribution is 5.12. The lowest BCUT2D eigenvalue weighted by molar-refractivity contribution is 0.386. The fraction of sp³-hybridized carbons (Fsp3) is 0.415. The highest BCUT2D eigenvalue weighted by Gasteiger charge is 1.91. The molecule has 99 heavy (non-hydrogen) atoms. The van der Waals surface area contributed by atoms with Crippen LogP contribution >= 0.6 is 0 Å². The minimum atomic E-state index is 0.550. The lowest BCUT2D eigenvalue weighted by Gasteiger charge is -2.01. The standard InChI is InChI=1S/C7H8.3C6H7N.C6H8O.5C5H6N2.C4H5N3.11C2H6/c1-7-5-3-2-4-6-7;1-6-2-4-7-5-3-6;1-6-3-2-4-7-5-6;1-6-4-2-3-5-7-6;1-6-2-4-7-5-3-6;1-5-2-6-4-7-3-5;1-5-4-6-2-3-7-5;1-5-2-3-6-4-7-5;1-5-2-3-6-7-4-5;1-5-3-2-4-6-7-5;1-4-5-2-3-6-7-4;11*1-2/h2-6H,1H3;3*2-5H,1H3;2-6H,1H3;5*2-4H,1H3;2-3H,1H3;11*1-2H3.